The number of benzene rings is 3. The number of amides is 1. The molecule has 0 heterocycles. The highest BCUT2D eigenvalue weighted by Gasteiger charge is 2.33. The Morgan fingerprint density at radius 2 is 1.62 bits per heavy atom. The van der Waals surface area contributed by atoms with Crippen LogP contribution >= 0.6 is 15.9 Å². The minimum absolute atomic E-state index is 0.0235. The van der Waals surface area contributed by atoms with Crippen molar-refractivity contribution in [2.24, 2.45) is 0 Å². The van der Waals surface area contributed by atoms with Crippen LogP contribution < -0.4 is 10.1 Å². The molecule has 0 unspecified atom stereocenters. The number of nitrogens with one attached hydrogen (secondary N) is 1. The summed E-state index contributed by atoms with van der Waals surface area (Å²) in [5, 5.41) is 2.89. The van der Waals surface area contributed by atoms with E-state index in [-0.39, 0.29) is 11.1 Å². The third-order valence-electron chi connectivity index (χ3n) is 4.73. The zero-order chi connectivity index (χ0) is 24.9. The zero-order valence-electron chi connectivity index (χ0n) is 18.9. The van der Waals surface area contributed by atoms with Gasteiger partial charge in [0.15, 0.2) is 0 Å². The van der Waals surface area contributed by atoms with Crippen LogP contribution in [0.5, 0.6) is 5.75 Å². The van der Waals surface area contributed by atoms with Crippen molar-refractivity contribution in [1.29, 1.82) is 0 Å². The van der Waals surface area contributed by atoms with Crippen molar-refractivity contribution in [2.75, 3.05) is 0 Å². The predicted molar refractivity (Wildman–Crippen MR) is 128 cm³/mol. The lowest BCUT2D eigenvalue weighted by atomic mass is 9.98. The van der Waals surface area contributed by atoms with Crippen molar-refractivity contribution in [3.8, 4) is 5.75 Å². The molecule has 0 fully saturated rings. The molecule has 3 aromatic rings. The molecule has 0 aliphatic carbocycles. The summed E-state index contributed by atoms with van der Waals surface area (Å²) in [5.41, 5.74) is 0.547. The minimum Gasteiger partial charge on any atom is -0.489 e. The molecule has 0 aliphatic rings. The number of hydrogen-bond acceptors (Lipinski definition) is 3. The molecule has 0 saturated carbocycles. The smallest absolute Gasteiger partial charge is 0.417 e. The Morgan fingerprint density at radius 3 is 2.26 bits per heavy atom. The van der Waals surface area contributed by atoms with E-state index in [0.29, 0.717) is 11.3 Å². The van der Waals surface area contributed by atoms with Crippen LogP contribution in [0.1, 0.15) is 49.1 Å². The Hall–Kier alpha value is -3.00. The average Bonchev–Trinajstić information content (AvgIpc) is 2.76. The Kier molecular flexibility index (Phi) is 7.92. The molecule has 3 rings (SSSR count). The van der Waals surface area contributed by atoms with Gasteiger partial charge in [0.05, 0.1) is 11.6 Å². The maximum absolute atomic E-state index is 13.2. The standard InChI is InChI=1S/C26H25BrF3NO3/c1-25(2,3)34-24(32)31-23(18-8-5-4-6-9-18)19-10-7-11-20(15-19)33-16-17-12-13-22(27)21(14-17)26(28,29)30/h4-15,23H,16H2,1-3H3,(H,31,32)/t23-/m0/s1. The molecule has 1 atom stereocenters. The molecule has 0 spiro atoms. The number of carbonyl (C=O) groups is 1. The Balaban J connectivity index is 1.82. The molecule has 180 valence electrons. The van der Waals surface area contributed by atoms with E-state index < -0.39 is 29.5 Å². The summed E-state index contributed by atoms with van der Waals surface area (Å²) in [6.45, 7) is 5.30. The van der Waals surface area contributed by atoms with Crippen molar-refractivity contribution in [3.05, 3.63) is 99.5 Å². The second kappa shape index (κ2) is 10.5. The topological polar surface area (TPSA) is 47.6 Å². The first-order chi connectivity index (χ1) is 15.9. The van der Waals surface area contributed by atoms with Crippen LogP contribution in [0.4, 0.5) is 18.0 Å². The number of halogens is 4. The number of rotatable bonds is 6. The van der Waals surface area contributed by atoms with Crippen LogP contribution in [0.3, 0.4) is 0 Å². The molecular weight excluding hydrogens is 511 g/mol. The van der Waals surface area contributed by atoms with Crippen LogP contribution in [0.25, 0.3) is 0 Å². The van der Waals surface area contributed by atoms with E-state index in [1.54, 1.807) is 45.0 Å². The molecule has 8 heteroatoms. The number of alkyl halides is 3. The predicted octanol–water partition coefficient (Wildman–Crippen LogP) is 7.66. The second-order valence-corrected chi connectivity index (χ2v) is 9.52. The summed E-state index contributed by atoms with van der Waals surface area (Å²) in [6, 6.07) is 19.9. The molecular formula is C26H25BrF3NO3. The van der Waals surface area contributed by atoms with Crippen molar-refractivity contribution >= 4 is 22.0 Å². The lowest BCUT2D eigenvalue weighted by Gasteiger charge is -2.24. The largest absolute Gasteiger partial charge is 0.489 e. The van der Waals surface area contributed by atoms with Gasteiger partial charge in [0.25, 0.3) is 0 Å². The highest BCUT2D eigenvalue weighted by molar-refractivity contribution is 9.10. The number of hydrogen-bond donors (Lipinski definition) is 1. The number of alkyl carbamates (subject to hydrolysis) is 1. The first-order valence-corrected chi connectivity index (χ1v) is 11.3. The fourth-order valence-electron chi connectivity index (χ4n) is 3.26. The van der Waals surface area contributed by atoms with Crippen LogP contribution in [-0.4, -0.2) is 11.7 Å². The molecule has 4 nitrogen and oxygen atoms in total. The summed E-state index contributed by atoms with van der Waals surface area (Å²) in [4.78, 5) is 12.5. The van der Waals surface area contributed by atoms with Crippen molar-refractivity contribution in [1.82, 2.24) is 5.32 Å². The van der Waals surface area contributed by atoms with E-state index in [1.165, 1.54) is 6.07 Å². The highest BCUT2D eigenvalue weighted by atomic mass is 79.9. The summed E-state index contributed by atoms with van der Waals surface area (Å²) in [7, 11) is 0. The van der Waals surface area contributed by atoms with Gasteiger partial charge in [-0.3, -0.25) is 0 Å². The van der Waals surface area contributed by atoms with Crippen molar-refractivity contribution < 1.29 is 27.4 Å². The van der Waals surface area contributed by atoms with Gasteiger partial charge in [-0.05, 0) is 61.7 Å². The van der Waals surface area contributed by atoms with Gasteiger partial charge in [-0.15, -0.1) is 0 Å². The van der Waals surface area contributed by atoms with Crippen LogP contribution in [0.2, 0.25) is 0 Å². The van der Waals surface area contributed by atoms with Crippen molar-refractivity contribution in [3.63, 3.8) is 0 Å². The van der Waals surface area contributed by atoms with Gasteiger partial charge < -0.3 is 14.8 Å². The molecule has 3 aromatic carbocycles. The first-order valence-electron chi connectivity index (χ1n) is 10.6. The maximum atomic E-state index is 13.2. The van der Waals surface area contributed by atoms with Crippen LogP contribution in [-0.2, 0) is 17.5 Å². The lowest BCUT2D eigenvalue weighted by Crippen LogP contribution is -2.35. The van der Waals surface area contributed by atoms with Gasteiger partial charge in [0.1, 0.15) is 18.0 Å². The summed E-state index contributed by atoms with van der Waals surface area (Å²) >= 11 is 2.94. The Morgan fingerprint density at radius 1 is 0.941 bits per heavy atom. The minimum atomic E-state index is -4.47. The molecule has 0 radical (unpaired) electrons. The monoisotopic (exact) mass is 535 g/mol. The van der Waals surface area contributed by atoms with Crippen molar-refractivity contribution in [2.45, 2.75) is 45.2 Å². The lowest BCUT2D eigenvalue weighted by molar-refractivity contribution is -0.138. The number of carbonyl (C=O) groups excluding carboxylic acids is 1. The fourth-order valence-corrected chi connectivity index (χ4v) is 3.73. The average molecular weight is 536 g/mol. The first kappa shape index (κ1) is 25.6. The van der Waals surface area contributed by atoms with E-state index >= 15 is 0 Å². The molecule has 0 saturated heterocycles. The van der Waals surface area contributed by atoms with Crippen LogP contribution in [0, 0.1) is 0 Å². The third-order valence-corrected chi connectivity index (χ3v) is 5.42. The summed E-state index contributed by atoms with van der Waals surface area (Å²) in [5.74, 6) is 0.459. The molecule has 0 bridgehead atoms. The van der Waals surface area contributed by atoms with Gasteiger partial charge >= 0.3 is 12.3 Å². The Labute approximate surface area is 205 Å². The molecule has 1 N–H and O–H groups in total. The SMILES string of the molecule is CC(C)(C)OC(=O)N[C@@H](c1ccccc1)c1cccc(OCc2ccc(Br)c(C(F)(F)F)c2)c1. The fraction of sp³-hybridized carbons (Fsp3) is 0.269. The highest BCUT2D eigenvalue weighted by Crippen LogP contribution is 2.35. The third kappa shape index (κ3) is 7.25. The zero-order valence-corrected chi connectivity index (χ0v) is 20.5. The van der Waals surface area contributed by atoms with Gasteiger partial charge in [-0.25, -0.2) is 4.79 Å². The summed E-state index contributed by atoms with van der Waals surface area (Å²) in [6.07, 6.45) is -5.03. The Bertz CT molecular complexity index is 1130. The van der Waals surface area contributed by atoms with Crippen LogP contribution in [0.15, 0.2) is 77.3 Å². The van der Waals surface area contributed by atoms with E-state index in [9.17, 15) is 18.0 Å². The molecule has 0 aromatic heterocycles. The normalized spacial score (nSPS) is 12.7. The quantitative estimate of drug-likeness (QED) is 0.352. The molecule has 0 aliphatic heterocycles. The molecule has 34 heavy (non-hydrogen) atoms. The van der Waals surface area contributed by atoms with Gasteiger partial charge in [0.2, 0.25) is 0 Å². The van der Waals surface area contributed by atoms with E-state index in [1.807, 2.05) is 36.4 Å². The van der Waals surface area contributed by atoms with Gasteiger partial charge in [0, 0.05) is 4.47 Å². The second-order valence-electron chi connectivity index (χ2n) is 8.66. The van der Waals surface area contributed by atoms with Gasteiger partial charge in [-0.1, -0.05) is 64.5 Å². The van der Waals surface area contributed by atoms with E-state index in [2.05, 4.69) is 21.2 Å². The molecule has 1 amide bonds. The maximum Gasteiger partial charge on any atom is 0.417 e. The van der Waals surface area contributed by atoms with E-state index in [0.717, 1.165) is 17.2 Å². The summed E-state index contributed by atoms with van der Waals surface area (Å²) < 4.78 is 50.7. The number of ether oxygens (including phenoxy) is 2. The van der Waals surface area contributed by atoms with E-state index in [4.69, 9.17) is 9.47 Å². The van der Waals surface area contributed by atoms with Gasteiger partial charge in [-0.2, -0.15) is 13.2 Å².